The largest absolute Gasteiger partial charge is 0.496 e. The maximum absolute atomic E-state index is 12.4. The number of aromatic nitrogens is 1. The van der Waals surface area contributed by atoms with Gasteiger partial charge in [0.2, 0.25) is 0 Å². The van der Waals surface area contributed by atoms with E-state index in [0.29, 0.717) is 11.3 Å². The predicted molar refractivity (Wildman–Crippen MR) is 80.1 cm³/mol. The highest BCUT2D eigenvalue weighted by molar-refractivity contribution is 7.09. The molecule has 0 radical (unpaired) electrons. The lowest BCUT2D eigenvalue weighted by molar-refractivity contribution is 0.0967. The van der Waals surface area contributed by atoms with Crippen LogP contribution in [0.25, 0.3) is 0 Å². The van der Waals surface area contributed by atoms with Crippen molar-refractivity contribution in [3.63, 3.8) is 0 Å². The minimum Gasteiger partial charge on any atom is -0.496 e. The van der Waals surface area contributed by atoms with Gasteiger partial charge in [-0.25, -0.2) is 0 Å². The van der Waals surface area contributed by atoms with E-state index in [1.807, 2.05) is 32.9 Å². The van der Waals surface area contributed by atoms with Crippen LogP contribution in [0.2, 0.25) is 0 Å². The van der Waals surface area contributed by atoms with Crippen LogP contribution in [0.5, 0.6) is 5.75 Å². The van der Waals surface area contributed by atoms with Crippen LogP contribution in [0.15, 0.2) is 23.0 Å². The summed E-state index contributed by atoms with van der Waals surface area (Å²) >= 11 is 1.17. The molecule has 1 heterocycles. The number of ketones is 1. The van der Waals surface area contributed by atoms with E-state index in [1.165, 1.54) is 23.0 Å². The van der Waals surface area contributed by atoms with Gasteiger partial charge in [0, 0.05) is 10.6 Å². The lowest BCUT2D eigenvalue weighted by Gasteiger charge is -2.09. The summed E-state index contributed by atoms with van der Waals surface area (Å²) in [5.74, 6) is 0.428. The Morgan fingerprint density at radius 2 is 2.00 bits per heavy atom. The Balaban J connectivity index is 2.35. The third-order valence-corrected chi connectivity index (χ3v) is 4.33. The topological polar surface area (TPSA) is 48.3 Å². The first-order valence-electron chi connectivity index (χ1n) is 6.28. The van der Waals surface area contributed by atoms with Gasteiger partial charge in [-0.2, -0.15) is 0 Å². The molecule has 106 valence electrons. The number of carbonyl (C=O) groups is 1. The van der Waals surface area contributed by atoms with Crippen molar-refractivity contribution in [2.75, 3.05) is 7.11 Å². The molecular weight excluding hydrogens is 274 g/mol. The molecule has 0 N–H and O–H groups in total. The fraction of sp³-hybridized carbons (Fsp3) is 0.333. The quantitative estimate of drug-likeness (QED) is 0.814. The summed E-state index contributed by atoms with van der Waals surface area (Å²) in [4.78, 5) is 25.1. The molecule has 0 spiro atoms. The number of hydrogen-bond donors (Lipinski definition) is 0. The maximum atomic E-state index is 12.4. The lowest BCUT2D eigenvalue weighted by Crippen LogP contribution is -2.21. The molecule has 0 atom stereocenters. The van der Waals surface area contributed by atoms with Crippen LogP contribution < -0.4 is 9.61 Å². The molecule has 0 saturated heterocycles. The second kappa shape index (κ2) is 5.63. The number of nitrogens with zero attached hydrogens (tertiary/aromatic N) is 1. The number of ether oxygens (including phenoxy) is 1. The van der Waals surface area contributed by atoms with Crippen molar-refractivity contribution in [1.82, 2.24) is 4.57 Å². The van der Waals surface area contributed by atoms with E-state index in [4.69, 9.17) is 4.74 Å². The molecule has 0 aliphatic heterocycles. The second-order valence-corrected chi connectivity index (χ2v) is 5.89. The maximum Gasteiger partial charge on any atom is 0.307 e. The van der Waals surface area contributed by atoms with E-state index in [-0.39, 0.29) is 17.2 Å². The van der Waals surface area contributed by atoms with Crippen LogP contribution >= 0.6 is 11.3 Å². The van der Waals surface area contributed by atoms with Crippen molar-refractivity contribution in [1.29, 1.82) is 0 Å². The van der Waals surface area contributed by atoms with Gasteiger partial charge in [-0.3, -0.25) is 14.2 Å². The summed E-state index contributed by atoms with van der Waals surface area (Å²) < 4.78 is 6.76. The average molecular weight is 291 g/mol. The zero-order chi connectivity index (χ0) is 14.9. The Labute approximate surface area is 121 Å². The standard InChI is InChI=1S/C15H17NO3S/c1-9-5-6-12(14(7-9)19-4)13(17)8-16-10(2)11(3)20-15(16)18/h5-7H,8H2,1-4H3. The summed E-state index contributed by atoms with van der Waals surface area (Å²) in [6, 6.07) is 5.43. The van der Waals surface area contributed by atoms with Gasteiger partial charge in [0.1, 0.15) is 5.75 Å². The number of aryl methyl sites for hydroxylation is 2. The summed E-state index contributed by atoms with van der Waals surface area (Å²) in [7, 11) is 1.54. The zero-order valence-corrected chi connectivity index (χ0v) is 12.8. The molecule has 0 saturated carbocycles. The van der Waals surface area contributed by atoms with E-state index in [9.17, 15) is 9.59 Å². The fourth-order valence-corrected chi connectivity index (χ4v) is 2.86. The molecule has 1 aromatic carbocycles. The summed E-state index contributed by atoms with van der Waals surface area (Å²) in [5, 5.41) is 0. The van der Waals surface area contributed by atoms with Crippen molar-refractivity contribution < 1.29 is 9.53 Å². The highest BCUT2D eigenvalue weighted by Gasteiger charge is 2.16. The van der Waals surface area contributed by atoms with Crippen LogP contribution in [0.1, 0.15) is 26.5 Å². The van der Waals surface area contributed by atoms with Gasteiger partial charge in [-0.1, -0.05) is 17.4 Å². The Bertz CT molecular complexity index is 712. The third-order valence-electron chi connectivity index (χ3n) is 3.33. The molecule has 0 aliphatic rings. The highest BCUT2D eigenvalue weighted by atomic mass is 32.1. The summed E-state index contributed by atoms with van der Waals surface area (Å²) in [6.45, 7) is 5.73. The van der Waals surface area contributed by atoms with E-state index >= 15 is 0 Å². The minimum atomic E-state index is -0.121. The van der Waals surface area contributed by atoms with Gasteiger partial charge in [0.05, 0.1) is 19.2 Å². The molecule has 4 nitrogen and oxygen atoms in total. The van der Waals surface area contributed by atoms with Crippen LogP contribution in [0, 0.1) is 20.8 Å². The molecule has 5 heteroatoms. The number of hydrogen-bond acceptors (Lipinski definition) is 4. The first kappa shape index (κ1) is 14.5. The molecule has 20 heavy (non-hydrogen) atoms. The number of thiazole rings is 1. The minimum absolute atomic E-state index is 0.0500. The lowest BCUT2D eigenvalue weighted by atomic mass is 10.1. The van der Waals surface area contributed by atoms with Gasteiger partial charge in [0.15, 0.2) is 5.78 Å². The molecule has 0 amide bonds. The molecule has 0 aliphatic carbocycles. The number of Topliss-reactive ketones (excluding diaryl/α,β-unsaturated/α-hetero) is 1. The van der Waals surface area contributed by atoms with E-state index < -0.39 is 0 Å². The van der Waals surface area contributed by atoms with Crippen molar-refractivity contribution in [3.8, 4) is 5.75 Å². The van der Waals surface area contributed by atoms with Crippen molar-refractivity contribution in [2.45, 2.75) is 27.3 Å². The number of benzene rings is 1. The Kier molecular flexibility index (Phi) is 4.09. The second-order valence-electron chi connectivity index (χ2n) is 4.72. The van der Waals surface area contributed by atoms with Crippen LogP contribution in [0.4, 0.5) is 0 Å². The number of methoxy groups -OCH3 is 1. The highest BCUT2D eigenvalue weighted by Crippen LogP contribution is 2.21. The van der Waals surface area contributed by atoms with E-state index in [0.717, 1.165) is 16.1 Å². The Morgan fingerprint density at radius 3 is 2.55 bits per heavy atom. The van der Waals surface area contributed by atoms with Crippen molar-refractivity contribution >= 4 is 17.1 Å². The van der Waals surface area contributed by atoms with E-state index in [1.54, 1.807) is 6.07 Å². The van der Waals surface area contributed by atoms with Crippen LogP contribution in [-0.2, 0) is 6.54 Å². The molecule has 0 fully saturated rings. The first-order chi connectivity index (χ1) is 9.43. The molecule has 0 bridgehead atoms. The Hall–Kier alpha value is -1.88. The van der Waals surface area contributed by atoms with Gasteiger partial charge in [-0.15, -0.1) is 0 Å². The smallest absolute Gasteiger partial charge is 0.307 e. The van der Waals surface area contributed by atoms with Crippen molar-refractivity contribution in [2.24, 2.45) is 0 Å². The number of carbonyl (C=O) groups excluding carboxylic acids is 1. The first-order valence-corrected chi connectivity index (χ1v) is 7.10. The Morgan fingerprint density at radius 1 is 1.30 bits per heavy atom. The molecule has 2 aromatic rings. The predicted octanol–water partition coefficient (Wildman–Crippen LogP) is 2.73. The number of rotatable bonds is 4. The zero-order valence-electron chi connectivity index (χ0n) is 12.0. The van der Waals surface area contributed by atoms with Gasteiger partial charge in [0.25, 0.3) is 0 Å². The SMILES string of the molecule is COc1cc(C)ccc1C(=O)Cn1c(C)c(C)sc1=O. The van der Waals surface area contributed by atoms with Crippen molar-refractivity contribution in [3.05, 3.63) is 49.6 Å². The monoisotopic (exact) mass is 291 g/mol. The van der Waals surface area contributed by atoms with Gasteiger partial charge in [-0.05, 0) is 38.5 Å². The third kappa shape index (κ3) is 2.67. The van der Waals surface area contributed by atoms with Gasteiger partial charge >= 0.3 is 4.87 Å². The van der Waals surface area contributed by atoms with Crippen LogP contribution in [-0.4, -0.2) is 17.5 Å². The fourth-order valence-electron chi connectivity index (χ4n) is 2.03. The molecule has 0 unspecified atom stereocenters. The average Bonchev–Trinajstić information content (AvgIpc) is 2.65. The van der Waals surface area contributed by atoms with E-state index in [2.05, 4.69) is 0 Å². The molecule has 1 aromatic heterocycles. The normalized spacial score (nSPS) is 10.6. The van der Waals surface area contributed by atoms with Crippen LogP contribution in [0.3, 0.4) is 0 Å². The summed E-state index contributed by atoms with van der Waals surface area (Å²) in [6.07, 6.45) is 0. The molecule has 2 rings (SSSR count). The summed E-state index contributed by atoms with van der Waals surface area (Å²) in [5.41, 5.74) is 2.38. The van der Waals surface area contributed by atoms with Gasteiger partial charge < -0.3 is 4.74 Å². The molecular formula is C15H17NO3S.